The highest BCUT2D eigenvalue weighted by Gasteiger charge is 2.15. The van der Waals surface area contributed by atoms with Crippen LogP contribution < -0.4 is 5.32 Å². The van der Waals surface area contributed by atoms with E-state index in [1.165, 1.54) is 0 Å². The summed E-state index contributed by atoms with van der Waals surface area (Å²) >= 11 is 5.71. The minimum atomic E-state index is 0.0529. The lowest BCUT2D eigenvalue weighted by molar-refractivity contribution is -0.125. The summed E-state index contributed by atoms with van der Waals surface area (Å²) in [5.74, 6) is 1.06. The van der Waals surface area contributed by atoms with E-state index in [0.29, 0.717) is 18.3 Å². The second-order valence-electron chi connectivity index (χ2n) is 4.70. The van der Waals surface area contributed by atoms with Gasteiger partial charge in [-0.05, 0) is 17.0 Å². The Labute approximate surface area is 108 Å². The molecule has 3 heteroatoms. The van der Waals surface area contributed by atoms with Gasteiger partial charge in [0, 0.05) is 18.3 Å². The van der Waals surface area contributed by atoms with Crippen molar-refractivity contribution in [3.63, 3.8) is 0 Å². The summed E-state index contributed by atoms with van der Waals surface area (Å²) in [6, 6.07) is 7.97. The van der Waals surface area contributed by atoms with Crippen molar-refractivity contribution in [3.05, 3.63) is 35.4 Å². The zero-order chi connectivity index (χ0) is 12.8. The molecule has 17 heavy (non-hydrogen) atoms. The van der Waals surface area contributed by atoms with Gasteiger partial charge < -0.3 is 5.32 Å². The molecule has 94 valence electrons. The number of carbonyl (C=O) groups is 1. The molecule has 0 heterocycles. The van der Waals surface area contributed by atoms with Gasteiger partial charge >= 0.3 is 0 Å². The molecule has 0 aliphatic heterocycles. The molecule has 1 aromatic carbocycles. The van der Waals surface area contributed by atoms with Gasteiger partial charge in [0.2, 0.25) is 5.91 Å². The van der Waals surface area contributed by atoms with E-state index < -0.39 is 0 Å². The van der Waals surface area contributed by atoms with E-state index in [-0.39, 0.29) is 11.8 Å². The highest BCUT2D eigenvalue weighted by atomic mass is 35.5. The fraction of sp³-hybridized carbons (Fsp3) is 0.500. The summed E-state index contributed by atoms with van der Waals surface area (Å²) in [7, 11) is 0. The van der Waals surface area contributed by atoms with Crippen molar-refractivity contribution in [2.45, 2.75) is 33.2 Å². The molecule has 0 saturated carbocycles. The third kappa shape index (κ3) is 4.39. The van der Waals surface area contributed by atoms with Crippen molar-refractivity contribution in [1.82, 2.24) is 5.32 Å². The van der Waals surface area contributed by atoms with E-state index in [1.807, 2.05) is 31.2 Å². The van der Waals surface area contributed by atoms with Crippen LogP contribution in [-0.4, -0.2) is 5.91 Å². The molecular formula is C14H20ClNO. The van der Waals surface area contributed by atoms with E-state index in [1.54, 1.807) is 0 Å². The average Bonchev–Trinajstić information content (AvgIpc) is 2.35. The standard InChI is InChI=1S/C14H20ClNO/c1-10(2)11(3)14(17)16-9-13-6-4-12(8-15)5-7-13/h4-7,10-11H,8-9H2,1-3H3,(H,16,17). The number of rotatable bonds is 5. The van der Waals surface area contributed by atoms with Crippen molar-refractivity contribution >= 4 is 17.5 Å². The van der Waals surface area contributed by atoms with E-state index in [2.05, 4.69) is 19.2 Å². The number of carbonyl (C=O) groups excluding carboxylic acids is 1. The first-order valence-corrected chi connectivity index (χ1v) is 6.49. The van der Waals surface area contributed by atoms with Gasteiger partial charge in [0.1, 0.15) is 0 Å². The van der Waals surface area contributed by atoms with Crippen molar-refractivity contribution in [1.29, 1.82) is 0 Å². The number of alkyl halides is 1. The Morgan fingerprint density at radius 3 is 2.18 bits per heavy atom. The molecular weight excluding hydrogens is 234 g/mol. The maximum absolute atomic E-state index is 11.7. The van der Waals surface area contributed by atoms with Crippen molar-refractivity contribution in [2.24, 2.45) is 11.8 Å². The van der Waals surface area contributed by atoms with Crippen LogP contribution in [0, 0.1) is 11.8 Å². The number of hydrogen-bond donors (Lipinski definition) is 1. The molecule has 1 unspecified atom stereocenters. The summed E-state index contributed by atoms with van der Waals surface area (Å²) in [4.78, 5) is 11.7. The molecule has 0 saturated heterocycles. The van der Waals surface area contributed by atoms with E-state index in [4.69, 9.17) is 11.6 Å². The number of hydrogen-bond acceptors (Lipinski definition) is 1. The predicted octanol–water partition coefficient (Wildman–Crippen LogP) is 3.33. The van der Waals surface area contributed by atoms with Crippen LogP contribution in [0.5, 0.6) is 0 Å². The molecule has 0 fully saturated rings. The van der Waals surface area contributed by atoms with Gasteiger partial charge in [-0.3, -0.25) is 4.79 Å². The molecule has 1 amide bonds. The van der Waals surface area contributed by atoms with Crippen LogP contribution >= 0.6 is 11.6 Å². The number of halogens is 1. The molecule has 0 radical (unpaired) electrons. The lowest BCUT2D eigenvalue weighted by atomic mass is 9.97. The van der Waals surface area contributed by atoms with Crippen molar-refractivity contribution < 1.29 is 4.79 Å². The Bertz CT molecular complexity index is 359. The maximum Gasteiger partial charge on any atom is 0.223 e. The van der Waals surface area contributed by atoms with Gasteiger partial charge in [-0.25, -0.2) is 0 Å². The van der Waals surface area contributed by atoms with Gasteiger partial charge in [0.25, 0.3) is 0 Å². The Balaban J connectivity index is 2.47. The Kier molecular flexibility index (Phi) is 5.49. The molecule has 1 aromatic rings. The average molecular weight is 254 g/mol. The lowest BCUT2D eigenvalue weighted by Gasteiger charge is -2.15. The third-order valence-electron chi connectivity index (χ3n) is 3.06. The van der Waals surface area contributed by atoms with Crippen LogP contribution in [0.1, 0.15) is 31.9 Å². The quantitative estimate of drug-likeness (QED) is 0.802. The maximum atomic E-state index is 11.7. The lowest BCUT2D eigenvalue weighted by Crippen LogP contribution is -2.31. The van der Waals surface area contributed by atoms with E-state index in [0.717, 1.165) is 11.1 Å². The van der Waals surface area contributed by atoms with Gasteiger partial charge in [0.05, 0.1) is 0 Å². The highest BCUT2D eigenvalue weighted by Crippen LogP contribution is 2.10. The largest absolute Gasteiger partial charge is 0.352 e. The predicted molar refractivity (Wildman–Crippen MR) is 71.8 cm³/mol. The zero-order valence-electron chi connectivity index (χ0n) is 10.7. The first-order valence-electron chi connectivity index (χ1n) is 5.96. The van der Waals surface area contributed by atoms with Crippen LogP contribution in [0.3, 0.4) is 0 Å². The summed E-state index contributed by atoms with van der Waals surface area (Å²) in [5, 5.41) is 2.95. The molecule has 1 atom stereocenters. The third-order valence-corrected chi connectivity index (χ3v) is 3.37. The summed E-state index contributed by atoms with van der Waals surface area (Å²) in [5.41, 5.74) is 2.19. The van der Waals surface area contributed by atoms with Crippen LogP contribution in [0.25, 0.3) is 0 Å². The molecule has 0 aliphatic rings. The summed E-state index contributed by atoms with van der Waals surface area (Å²) in [6.07, 6.45) is 0. The second-order valence-corrected chi connectivity index (χ2v) is 4.97. The van der Waals surface area contributed by atoms with Crippen LogP contribution in [0.2, 0.25) is 0 Å². The molecule has 0 bridgehead atoms. The molecule has 2 nitrogen and oxygen atoms in total. The van der Waals surface area contributed by atoms with Crippen LogP contribution in [0.15, 0.2) is 24.3 Å². The highest BCUT2D eigenvalue weighted by molar-refractivity contribution is 6.17. The fourth-order valence-electron chi connectivity index (χ4n) is 1.40. The van der Waals surface area contributed by atoms with Crippen LogP contribution in [0.4, 0.5) is 0 Å². The number of nitrogens with one attached hydrogen (secondary N) is 1. The first kappa shape index (κ1) is 14.0. The normalized spacial score (nSPS) is 12.5. The zero-order valence-corrected chi connectivity index (χ0v) is 11.4. The minimum Gasteiger partial charge on any atom is -0.352 e. The Morgan fingerprint density at radius 2 is 1.71 bits per heavy atom. The number of benzene rings is 1. The summed E-state index contributed by atoms with van der Waals surface area (Å²) in [6.45, 7) is 6.65. The Hall–Kier alpha value is -1.02. The smallest absolute Gasteiger partial charge is 0.223 e. The SMILES string of the molecule is CC(C)C(C)C(=O)NCc1ccc(CCl)cc1. The van der Waals surface area contributed by atoms with Crippen molar-refractivity contribution in [3.8, 4) is 0 Å². The summed E-state index contributed by atoms with van der Waals surface area (Å²) < 4.78 is 0. The molecule has 0 spiro atoms. The van der Waals surface area contributed by atoms with Crippen LogP contribution in [-0.2, 0) is 17.2 Å². The second kappa shape index (κ2) is 6.65. The van der Waals surface area contributed by atoms with Gasteiger partial charge in [0.15, 0.2) is 0 Å². The first-order chi connectivity index (χ1) is 8.04. The monoisotopic (exact) mass is 253 g/mol. The van der Waals surface area contributed by atoms with Crippen molar-refractivity contribution in [2.75, 3.05) is 0 Å². The van der Waals surface area contributed by atoms with Gasteiger partial charge in [-0.1, -0.05) is 45.0 Å². The fourth-order valence-corrected chi connectivity index (χ4v) is 1.58. The minimum absolute atomic E-state index is 0.0529. The van der Waals surface area contributed by atoms with Gasteiger partial charge in [-0.2, -0.15) is 0 Å². The molecule has 1 rings (SSSR count). The van der Waals surface area contributed by atoms with E-state index >= 15 is 0 Å². The topological polar surface area (TPSA) is 29.1 Å². The molecule has 0 aliphatic carbocycles. The molecule has 1 N–H and O–H groups in total. The number of amides is 1. The Morgan fingerprint density at radius 1 is 1.18 bits per heavy atom. The molecule has 0 aromatic heterocycles. The van der Waals surface area contributed by atoms with E-state index in [9.17, 15) is 4.79 Å². The van der Waals surface area contributed by atoms with Gasteiger partial charge in [-0.15, -0.1) is 11.6 Å².